The lowest BCUT2D eigenvalue weighted by Crippen LogP contribution is -2.23. The first-order valence-electron chi connectivity index (χ1n) is 5.48. The standard InChI is InChI=1S/C13H15N3O/c1-16-8-7-11(15-16)9-12(17)13(14)10-5-3-2-4-6-10/h2-8,13H,9,14H2,1H3/t13-/m1/s1. The van der Waals surface area contributed by atoms with Crippen LogP contribution in [-0.2, 0) is 18.3 Å². The zero-order chi connectivity index (χ0) is 12.3. The van der Waals surface area contributed by atoms with Crippen LogP contribution < -0.4 is 5.73 Å². The number of nitrogens with zero attached hydrogens (tertiary/aromatic N) is 2. The normalized spacial score (nSPS) is 12.4. The summed E-state index contributed by atoms with van der Waals surface area (Å²) in [7, 11) is 1.82. The van der Waals surface area contributed by atoms with E-state index in [-0.39, 0.29) is 12.2 Å². The molecule has 17 heavy (non-hydrogen) atoms. The maximum Gasteiger partial charge on any atom is 0.160 e. The van der Waals surface area contributed by atoms with Crippen LogP contribution in [0, 0.1) is 0 Å². The molecular weight excluding hydrogens is 214 g/mol. The van der Waals surface area contributed by atoms with Crippen LogP contribution >= 0.6 is 0 Å². The van der Waals surface area contributed by atoms with Crippen molar-refractivity contribution in [3.8, 4) is 0 Å². The van der Waals surface area contributed by atoms with Gasteiger partial charge in [0.25, 0.3) is 0 Å². The number of carbonyl (C=O) groups is 1. The van der Waals surface area contributed by atoms with Crippen molar-refractivity contribution < 1.29 is 4.79 Å². The van der Waals surface area contributed by atoms with E-state index in [1.807, 2.05) is 49.6 Å². The summed E-state index contributed by atoms with van der Waals surface area (Å²) < 4.78 is 1.68. The number of hydrogen-bond acceptors (Lipinski definition) is 3. The molecule has 0 bridgehead atoms. The summed E-state index contributed by atoms with van der Waals surface area (Å²) in [6.07, 6.45) is 2.09. The van der Waals surface area contributed by atoms with Gasteiger partial charge in [0.1, 0.15) is 0 Å². The Balaban J connectivity index is 2.06. The monoisotopic (exact) mass is 229 g/mol. The molecule has 0 fully saturated rings. The highest BCUT2D eigenvalue weighted by Crippen LogP contribution is 2.12. The van der Waals surface area contributed by atoms with E-state index in [4.69, 9.17) is 5.73 Å². The Labute approximate surface area is 100 Å². The molecule has 0 unspecified atom stereocenters. The summed E-state index contributed by atoms with van der Waals surface area (Å²) in [5.41, 5.74) is 7.50. The lowest BCUT2D eigenvalue weighted by molar-refractivity contribution is -0.119. The third kappa shape index (κ3) is 2.79. The van der Waals surface area contributed by atoms with E-state index in [0.29, 0.717) is 0 Å². The molecule has 0 saturated carbocycles. The minimum absolute atomic E-state index is 0.0186. The van der Waals surface area contributed by atoms with Gasteiger partial charge in [0.2, 0.25) is 0 Å². The predicted octanol–water partition coefficient (Wildman–Crippen LogP) is 1.23. The van der Waals surface area contributed by atoms with Crippen LogP contribution in [-0.4, -0.2) is 15.6 Å². The van der Waals surface area contributed by atoms with Gasteiger partial charge in [-0.05, 0) is 11.6 Å². The van der Waals surface area contributed by atoms with Gasteiger partial charge < -0.3 is 5.73 Å². The molecule has 2 rings (SSSR count). The average Bonchev–Trinajstić information content (AvgIpc) is 2.75. The first kappa shape index (κ1) is 11.5. The Morgan fingerprint density at radius 2 is 2.06 bits per heavy atom. The molecule has 2 N–H and O–H groups in total. The fraction of sp³-hybridized carbons (Fsp3) is 0.231. The molecule has 0 aliphatic heterocycles. The van der Waals surface area contributed by atoms with Crippen LogP contribution in [0.4, 0.5) is 0 Å². The molecule has 1 aromatic heterocycles. The second kappa shape index (κ2) is 4.93. The maximum atomic E-state index is 11.9. The van der Waals surface area contributed by atoms with Crippen molar-refractivity contribution >= 4 is 5.78 Å². The van der Waals surface area contributed by atoms with Gasteiger partial charge in [0.15, 0.2) is 5.78 Å². The molecule has 0 spiro atoms. The molecule has 0 radical (unpaired) electrons. The highest BCUT2D eigenvalue weighted by molar-refractivity contribution is 5.86. The molecule has 4 nitrogen and oxygen atoms in total. The number of aromatic nitrogens is 2. The van der Waals surface area contributed by atoms with Crippen molar-refractivity contribution in [2.24, 2.45) is 12.8 Å². The summed E-state index contributed by atoms with van der Waals surface area (Å²) in [5, 5.41) is 4.17. The summed E-state index contributed by atoms with van der Waals surface area (Å²) in [5.74, 6) is -0.0186. The first-order chi connectivity index (χ1) is 8.16. The number of carbonyl (C=O) groups excluding carboxylic acids is 1. The van der Waals surface area contributed by atoms with E-state index in [0.717, 1.165) is 11.3 Å². The number of hydrogen-bond donors (Lipinski definition) is 1. The molecule has 1 atom stereocenters. The zero-order valence-corrected chi connectivity index (χ0v) is 9.71. The third-order valence-electron chi connectivity index (χ3n) is 2.63. The van der Waals surface area contributed by atoms with Crippen molar-refractivity contribution in [2.45, 2.75) is 12.5 Å². The molecule has 0 amide bonds. The highest BCUT2D eigenvalue weighted by atomic mass is 16.1. The fourth-order valence-electron chi connectivity index (χ4n) is 1.69. The van der Waals surface area contributed by atoms with Crippen LogP contribution in [0.1, 0.15) is 17.3 Å². The molecule has 1 aromatic carbocycles. The van der Waals surface area contributed by atoms with E-state index in [2.05, 4.69) is 5.10 Å². The highest BCUT2D eigenvalue weighted by Gasteiger charge is 2.16. The molecule has 4 heteroatoms. The molecule has 0 aliphatic carbocycles. The van der Waals surface area contributed by atoms with Crippen LogP contribution in [0.3, 0.4) is 0 Å². The van der Waals surface area contributed by atoms with Crippen molar-refractivity contribution in [3.63, 3.8) is 0 Å². The zero-order valence-electron chi connectivity index (χ0n) is 9.71. The number of Topliss-reactive ketones (excluding diaryl/α,β-unsaturated/α-hetero) is 1. The maximum absolute atomic E-state index is 11.9. The second-order valence-corrected chi connectivity index (χ2v) is 4.01. The van der Waals surface area contributed by atoms with Crippen LogP contribution in [0.2, 0.25) is 0 Å². The van der Waals surface area contributed by atoms with Gasteiger partial charge >= 0.3 is 0 Å². The Kier molecular flexibility index (Phi) is 3.35. The summed E-state index contributed by atoms with van der Waals surface area (Å²) in [6.45, 7) is 0. The molecular formula is C13H15N3O. The minimum atomic E-state index is -0.571. The summed E-state index contributed by atoms with van der Waals surface area (Å²) in [4.78, 5) is 11.9. The SMILES string of the molecule is Cn1ccc(CC(=O)[C@H](N)c2ccccc2)n1. The Morgan fingerprint density at radius 3 is 2.65 bits per heavy atom. The quantitative estimate of drug-likeness (QED) is 0.857. The molecule has 0 saturated heterocycles. The number of aryl methyl sites for hydroxylation is 1. The van der Waals surface area contributed by atoms with Crippen molar-refractivity contribution in [2.75, 3.05) is 0 Å². The topological polar surface area (TPSA) is 60.9 Å². The second-order valence-electron chi connectivity index (χ2n) is 4.01. The van der Waals surface area contributed by atoms with E-state index in [1.165, 1.54) is 0 Å². The predicted molar refractivity (Wildman–Crippen MR) is 65.3 cm³/mol. The number of ketones is 1. The Morgan fingerprint density at radius 1 is 1.35 bits per heavy atom. The number of nitrogens with two attached hydrogens (primary N) is 1. The van der Waals surface area contributed by atoms with Gasteiger partial charge in [-0.25, -0.2) is 0 Å². The van der Waals surface area contributed by atoms with Crippen molar-refractivity contribution in [3.05, 3.63) is 53.9 Å². The van der Waals surface area contributed by atoms with Crippen LogP contribution in [0.25, 0.3) is 0 Å². The van der Waals surface area contributed by atoms with Gasteiger partial charge in [-0.3, -0.25) is 9.48 Å². The molecule has 0 aliphatic rings. The van der Waals surface area contributed by atoms with Gasteiger partial charge in [-0.2, -0.15) is 5.10 Å². The van der Waals surface area contributed by atoms with Crippen LogP contribution in [0.5, 0.6) is 0 Å². The molecule has 1 heterocycles. The molecule has 2 aromatic rings. The Bertz CT molecular complexity index is 504. The molecule has 88 valence electrons. The van der Waals surface area contributed by atoms with Gasteiger partial charge in [0.05, 0.1) is 18.2 Å². The number of benzene rings is 1. The largest absolute Gasteiger partial charge is 0.318 e. The fourth-order valence-corrected chi connectivity index (χ4v) is 1.69. The lowest BCUT2D eigenvalue weighted by atomic mass is 10.0. The summed E-state index contributed by atoms with van der Waals surface area (Å²) >= 11 is 0. The van der Waals surface area contributed by atoms with Crippen molar-refractivity contribution in [1.82, 2.24) is 9.78 Å². The average molecular weight is 229 g/mol. The van der Waals surface area contributed by atoms with E-state index < -0.39 is 6.04 Å². The van der Waals surface area contributed by atoms with Crippen LogP contribution in [0.15, 0.2) is 42.6 Å². The lowest BCUT2D eigenvalue weighted by Gasteiger charge is -2.09. The van der Waals surface area contributed by atoms with Gasteiger partial charge in [-0.1, -0.05) is 30.3 Å². The van der Waals surface area contributed by atoms with Gasteiger partial charge in [-0.15, -0.1) is 0 Å². The number of rotatable bonds is 4. The van der Waals surface area contributed by atoms with Gasteiger partial charge in [0, 0.05) is 13.2 Å². The minimum Gasteiger partial charge on any atom is -0.318 e. The van der Waals surface area contributed by atoms with E-state index in [1.54, 1.807) is 4.68 Å². The van der Waals surface area contributed by atoms with E-state index in [9.17, 15) is 4.79 Å². The van der Waals surface area contributed by atoms with Crippen molar-refractivity contribution in [1.29, 1.82) is 0 Å². The smallest absolute Gasteiger partial charge is 0.160 e. The summed E-state index contributed by atoms with van der Waals surface area (Å²) in [6, 6.07) is 10.6. The van der Waals surface area contributed by atoms with E-state index >= 15 is 0 Å². The third-order valence-corrected chi connectivity index (χ3v) is 2.63. The first-order valence-corrected chi connectivity index (χ1v) is 5.48. The Hall–Kier alpha value is -1.94.